The van der Waals surface area contributed by atoms with E-state index in [9.17, 15) is 5.11 Å². The molecule has 1 atom stereocenters. The Kier molecular flexibility index (Phi) is 4.39. The largest absolute Gasteiger partial charge is 0.378 e. The fourth-order valence-corrected chi connectivity index (χ4v) is 2.43. The molecule has 2 N–H and O–H groups in total. The van der Waals surface area contributed by atoms with Gasteiger partial charge in [0.1, 0.15) is 6.23 Å². The van der Waals surface area contributed by atoms with Crippen molar-refractivity contribution in [2.24, 2.45) is 0 Å². The number of aromatic nitrogens is 1. The van der Waals surface area contributed by atoms with Crippen molar-refractivity contribution < 1.29 is 5.11 Å². The van der Waals surface area contributed by atoms with Gasteiger partial charge in [-0.2, -0.15) is 0 Å². The van der Waals surface area contributed by atoms with E-state index in [1.165, 1.54) is 10.9 Å². The highest BCUT2D eigenvalue weighted by atomic mass is 16.3. The van der Waals surface area contributed by atoms with Gasteiger partial charge in [0.2, 0.25) is 0 Å². The van der Waals surface area contributed by atoms with Crippen molar-refractivity contribution in [2.75, 3.05) is 13.1 Å². The highest BCUT2D eigenvalue weighted by Gasteiger charge is 2.15. The predicted octanol–water partition coefficient (Wildman–Crippen LogP) is 2.76. The topological polar surface area (TPSA) is 39.3 Å². The summed E-state index contributed by atoms with van der Waals surface area (Å²) in [6.45, 7) is 6.06. The summed E-state index contributed by atoms with van der Waals surface area (Å²) in [6.07, 6.45) is 3.36. The van der Waals surface area contributed by atoms with Gasteiger partial charge in [-0.3, -0.25) is 4.90 Å². The fourth-order valence-electron chi connectivity index (χ4n) is 2.43. The van der Waals surface area contributed by atoms with E-state index in [4.69, 9.17) is 0 Å². The number of aliphatic hydroxyl groups excluding tert-OH is 1. The third-order valence-electron chi connectivity index (χ3n) is 3.42. The van der Waals surface area contributed by atoms with Crippen LogP contribution in [0.3, 0.4) is 0 Å². The average molecular weight is 246 g/mol. The van der Waals surface area contributed by atoms with Crippen molar-refractivity contribution in [3.05, 3.63) is 36.0 Å². The number of aliphatic hydroxyl groups is 1. The SMILES string of the molecule is CCCN(CC)C(O)Cc1c[nH]c2ccccc12. The summed E-state index contributed by atoms with van der Waals surface area (Å²) in [5.74, 6) is 0. The Morgan fingerprint density at radius 1 is 1.28 bits per heavy atom. The zero-order valence-electron chi connectivity index (χ0n) is 11.2. The lowest BCUT2D eigenvalue weighted by Gasteiger charge is -2.25. The molecule has 1 aromatic carbocycles. The van der Waals surface area contributed by atoms with Crippen LogP contribution in [0.15, 0.2) is 30.5 Å². The first kappa shape index (κ1) is 13.1. The van der Waals surface area contributed by atoms with Crippen LogP contribution in [0.25, 0.3) is 10.9 Å². The number of rotatable bonds is 6. The van der Waals surface area contributed by atoms with Gasteiger partial charge in [0.25, 0.3) is 0 Å². The van der Waals surface area contributed by atoms with Crippen molar-refractivity contribution >= 4 is 10.9 Å². The number of hydrogen-bond acceptors (Lipinski definition) is 2. The molecule has 2 aromatic rings. The molecule has 0 aliphatic carbocycles. The fraction of sp³-hybridized carbons (Fsp3) is 0.467. The van der Waals surface area contributed by atoms with Gasteiger partial charge in [0.15, 0.2) is 0 Å². The molecule has 0 saturated carbocycles. The van der Waals surface area contributed by atoms with Crippen molar-refractivity contribution in [3.63, 3.8) is 0 Å². The zero-order valence-corrected chi connectivity index (χ0v) is 11.2. The van der Waals surface area contributed by atoms with E-state index in [2.05, 4.69) is 35.9 Å². The van der Waals surface area contributed by atoms with Gasteiger partial charge in [-0.25, -0.2) is 0 Å². The van der Waals surface area contributed by atoms with E-state index in [0.29, 0.717) is 6.42 Å². The molecule has 0 spiro atoms. The number of benzene rings is 1. The monoisotopic (exact) mass is 246 g/mol. The quantitative estimate of drug-likeness (QED) is 0.769. The van der Waals surface area contributed by atoms with Crippen LogP contribution in [0.5, 0.6) is 0 Å². The van der Waals surface area contributed by atoms with Crippen LogP contribution in [-0.4, -0.2) is 34.3 Å². The number of para-hydroxylation sites is 1. The highest BCUT2D eigenvalue weighted by molar-refractivity contribution is 5.83. The van der Waals surface area contributed by atoms with Gasteiger partial charge < -0.3 is 10.1 Å². The summed E-state index contributed by atoms with van der Waals surface area (Å²) < 4.78 is 0. The molecule has 3 heteroatoms. The molecule has 0 bridgehead atoms. The van der Waals surface area contributed by atoms with Crippen molar-refractivity contribution in [2.45, 2.75) is 32.9 Å². The number of fused-ring (bicyclic) bond motifs is 1. The summed E-state index contributed by atoms with van der Waals surface area (Å²) >= 11 is 0. The van der Waals surface area contributed by atoms with Crippen molar-refractivity contribution in [1.29, 1.82) is 0 Å². The predicted molar refractivity (Wildman–Crippen MR) is 75.5 cm³/mol. The van der Waals surface area contributed by atoms with Crippen LogP contribution in [-0.2, 0) is 6.42 Å². The second kappa shape index (κ2) is 6.03. The minimum atomic E-state index is -0.394. The maximum absolute atomic E-state index is 10.3. The van der Waals surface area contributed by atoms with Crippen molar-refractivity contribution in [1.82, 2.24) is 9.88 Å². The second-order valence-corrected chi connectivity index (χ2v) is 4.67. The summed E-state index contributed by atoms with van der Waals surface area (Å²) in [6, 6.07) is 8.23. The van der Waals surface area contributed by atoms with E-state index in [1.807, 2.05) is 18.3 Å². The first-order chi connectivity index (χ1) is 8.76. The molecule has 0 aliphatic heterocycles. The molecule has 0 aliphatic rings. The number of likely N-dealkylation sites (N-methyl/N-ethyl adjacent to an activating group) is 1. The van der Waals surface area contributed by atoms with Crippen LogP contribution in [0.4, 0.5) is 0 Å². The van der Waals surface area contributed by atoms with Gasteiger partial charge in [-0.1, -0.05) is 32.0 Å². The molecule has 98 valence electrons. The molecule has 0 radical (unpaired) electrons. The molecule has 0 amide bonds. The van der Waals surface area contributed by atoms with Gasteiger partial charge >= 0.3 is 0 Å². The molecule has 0 saturated heterocycles. The summed E-state index contributed by atoms with van der Waals surface area (Å²) in [7, 11) is 0. The highest BCUT2D eigenvalue weighted by Crippen LogP contribution is 2.19. The minimum absolute atomic E-state index is 0.394. The standard InChI is InChI=1S/C15H22N2O/c1-3-9-17(4-2)15(18)10-12-11-16-14-8-6-5-7-13(12)14/h5-8,11,15-16,18H,3-4,9-10H2,1-2H3. The first-order valence-corrected chi connectivity index (χ1v) is 6.73. The van der Waals surface area contributed by atoms with Gasteiger partial charge in [-0.05, 0) is 24.6 Å². The Morgan fingerprint density at radius 3 is 2.78 bits per heavy atom. The number of nitrogens with one attached hydrogen (secondary N) is 1. The molecule has 1 aromatic heterocycles. The zero-order chi connectivity index (χ0) is 13.0. The van der Waals surface area contributed by atoms with Crippen LogP contribution in [0.2, 0.25) is 0 Å². The Labute approximate surface area is 108 Å². The van der Waals surface area contributed by atoms with Gasteiger partial charge in [0.05, 0.1) is 0 Å². The summed E-state index contributed by atoms with van der Waals surface area (Å²) in [5.41, 5.74) is 2.32. The lowest BCUT2D eigenvalue weighted by Crippen LogP contribution is -2.37. The van der Waals surface area contributed by atoms with Crippen LogP contribution in [0, 0.1) is 0 Å². The third kappa shape index (κ3) is 2.74. The Morgan fingerprint density at radius 2 is 2.06 bits per heavy atom. The molecule has 2 rings (SSSR count). The first-order valence-electron chi connectivity index (χ1n) is 6.73. The molecular formula is C15H22N2O. The van der Waals surface area contributed by atoms with Crippen molar-refractivity contribution in [3.8, 4) is 0 Å². The van der Waals surface area contributed by atoms with E-state index in [-0.39, 0.29) is 0 Å². The van der Waals surface area contributed by atoms with Crippen LogP contribution in [0.1, 0.15) is 25.8 Å². The average Bonchev–Trinajstić information content (AvgIpc) is 2.79. The van der Waals surface area contributed by atoms with E-state index in [1.54, 1.807) is 0 Å². The molecule has 1 unspecified atom stereocenters. The lowest BCUT2D eigenvalue weighted by molar-refractivity contribution is 0.00817. The molecule has 0 fully saturated rings. The van der Waals surface area contributed by atoms with Gasteiger partial charge in [-0.15, -0.1) is 0 Å². The molecule has 1 heterocycles. The summed E-state index contributed by atoms with van der Waals surface area (Å²) in [5, 5.41) is 11.5. The third-order valence-corrected chi connectivity index (χ3v) is 3.42. The number of nitrogens with zero attached hydrogens (tertiary/aromatic N) is 1. The maximum atomic E-state index is 10.3. The Balaban J connectivity index is 2.13. The minimum Gasteiger partial charge on any atom is -0.378 e. The Bertz CT molecular complexity index is 492. The molecular weight excluding hydrogens is 224 g/mol. The van der Waals surface area contributed by atoms with Crippen LogP contribution >= 0.6 is 0 Å². The molecule has 18 heavy (non-hydrogen) atoms. The van der Waals surface area contributed by atoms with Crippen LogP contribution < -0.4 is 0 Å². The maximum Gasteiger partial charge on any atom is 0.111 e. The van der Waals surface area contributed by atoms with E-state index >= 15 is 0 Å². The summed E-state index contributed by atoms with van der Waals surface area (Å²) in [4.78, 5) is 5.37. The lowest BCUT2D eigenvalue weighted by atomic mass is 10.1. The number of hydrogen-bond donors (Lipinski definition) is 2. The Hall–Kier alpha value is -1.32. The van der Waals surface area contributed by atoms with E-state index < -0.39 is 6.23 Å². The number of H-pyrrole nitrogens is 1. The normalized spacial score (nSPS) is 13.3. The number of aromatic amines is 1. The van der Waals surface area contributed by atoms with E-state index in [0.717, 1.165) is 25.0 Å². The van der Waals surface area contributed by atoms with Gasteiger partial charge in [0, 0.05) is 30.1 Å². The second-order valence-electron chi connectivity index (χ2n) is 4.67. The smallest absolute Gasteiger partial charge is 0.111 e. The molecule has 3 nitrogen and oxygen atoms in total.